The fourth-order valence-corrected chi connectivity index (χ4v) is 10.2. The second kappa shape index (κ2) is 8.86. The van der Waals surface area contributed by atoms with Crippen molar-refractivity contribution in [3.8, 4) is 0 Å². The summed E-state index contributed by atoms with van der Waals surface area (Å²) in [6.45, 7) is 1.61. The van der Waals surface area contributed by atoms with E-state index in [0.717, 1.165) is 61.5 Å². The number of sulfone groups is 1. The number of aromatic nitrogens is 2. The fraction of sp³-hybridized carbons (Fsp3) is 0.630. The number of hydrogen-bond donors (Lipinski definition) is 1. The van der Waals surface area contributed by atoms with Gasteiger partial charge in [-0.1, -0.05) is 23.5 Å². The summed E-state index contributed by atoms with van der Waals surface area (Å²) in [5.41, 5.74) is 1.03. The molecule has 0 atom stereocenters. The Morgan fingerprint density at radius 3 is 2.19 bits per heavy atom. The Balaban J connectivity index is 1.13. The molecule has 37 heavy (non-hydrogen) atoms. The third kappa shape index (κ3) is 4.39. The standard InChI is InChI=1S/C27H33N5O3S2/c33-24(28-26-30-29-25(36-26)27-14-17-11-18(15-27)13-19(12-17)16-27)23(31-32-9-1-2-10-32)20-3-5-21(6-4-20)37(34,35)22-7-8-22/h3-6,17-19,22H,1-2,7-16H2,(H,28,30,33). The Hall–Kier alpha value is -2.33. The van der Waals surface area contributed by atoms with Gasteiger partial charge in [0.1, 0.15) is 5.01 Å². The molecule has 8 rings (SSSR count). The number of amides is 1. The molecule has 2 heterocycles. The molecule has 5 saturated carbocycles. The van der Waals surface area contributed by atoms with Crippen molar-refractivity contribution in [3.63, 3.8) is 0 Å². The number of benzene rings is 1. The van der Waals surface area contributed by atoms with Gasteiger partial charge >= 0.3 is 0 Å². The molecule has 1 N–H and O–H groups in total. The molecule has 0 spiro atoms. The van der Waals surface area contributed by atoms with Gasteiger partial charge in [0.15, 0.2) is 15.5 Å². The molecule has 5 aliphatic carbocycles. The molecule has 4 bridgehead atoms. The molecule has 1 aliphatic heterocycles. The topological polar surface area (TPSA) is 105 Å². The molecule has 6 aliphatic rings. The van der Waals surface area contributed by atoms with Gasteiger partial charge < -0.3 is 0 Å². The van der Waals surface area contributed by atoms with Crippen molar-refractivity contribution in [1.29, 1.82) is 0 Å². The van der Waals surface area contributed by atoms with Crippen LogP contribution in [0.3, 0.4) is 0 Å². The lowest BCUT2D eigenvalue weighted by Crippen LogP contribution is -2.48. The second-order valence-electron chi connectivity index (χ2n) is 11.9. The highest BCUT2D eigenvalue weighted by atomic mass is 32.2. The first-order valence-electron chi connectivity index (χ1n) is 13.7. The number of carbonyl (C=O) groups is 1. The molecule has 10 heteroatoms. The highest BCUT2D eigenvalue weighted by Gasteiger charge is 2.53. The van der Waals surface area contributed by atoms with Gasteiger partial charge in [0.2, 0.25) is 5.13 Å². The van der Waals surface area contributed by atoms with Crippen LogP contribution >= 0.6 is 11.3 Å². The Kier molecular flexibility index (Phi) is 5.69. The molecular weight excluding hydrogens is 506 g/mol. The smallest absolute Gasteiger partial charge is 0.278 e. The second-order valence-corrected chi connectivity index (χ2v) is 15.1. The third-order valence-electron chi connectivity index (χ3n) is 9.10. The van der Waals surface area contributed by atoms with Crippen LogP contribution < -0.4 is 5.32 Å². The number of anilines is 1. The largest absolute Gasteiger partial charge is 0.296 e. The van der Waals surface area contributed by atoms with Crippen LogP contribution in [0.2, 0.25) is 0 Å². The quantitative estimate of drug-likeness (QED) is 0.524. The minimum atomic E-state index is -3.28. The zero-order valence-electron chi connectivity index (χ0n) is 20.9. The van der Waals surface area contributed by atoms with Crippen molar-refractivity contribution in [1.82, 2.24) is 15.2 Å². The third-order valence-corrected chi connectivity index (χ3v) is 12.5. The Labute approximate surface area is 221 Å². The average molecular weight is 540 g/mol. The lowest BCUT2D eigenvalue weighted by atomic mass is 9.50. The molecular formula is C27H33N5O3S2. The Bertz CT molecular complexity index is 1300. The first kappa shape index (κ1) is 23.8. The summed E-state index contributed by atoms with van der Waals surface area (Å²) in [6.07, 6.45) is 11.3. The summed E-state index contributed by atoms with van der Waals surface area (Å²) in [7, 11) is -3.28. The molecule has 6 fully saturated rings. The minimum absolute atomic E-state index is 0.144. The molecule has 1 amide bonds. The molecule has 2 aromatic rings. The highest BCUT2D eigenvalue weighted by molar-refractivity contribution is 7.92. The van der Waals surface area contributed by atoms with Crippen LogP contribution in [0, 0.1) is 17.8 Å². The number of nitrogens with one attached hydrogen (secondary N) is 1. The number of rotatable bonds is 7. The van der Waals surface area contributed by atoms with Gasteiger partial charge in [-0.05, 0) is 94.1 Å². The van der Waals surface area contributed by atoms with Crippen molar-refractivity contribution in [2.45, 2.75) is 79.8 Å². The SMILES string of the molecule is O=C(Nc1nnc(C23CC4CC(CC(C4)C2)C3)s1)C(=NN1CCCC1)c1ccc(S(=O)(=O)C2CC2)cc1. The summed E-state index contributed by atoms with van der Waals surface area (Å²) in [5.74, 6) is 2.12. The number of carbonyl (C=O) groups excluding carboxylic acids is 1. The molecule has 0 unspecified atom stereocenters. The van der Waals surface area contributed by atoms with Crippen LogP contribution in [-0.4, -0.2) is 53.6 Å². The monoisotopic (exact) mass is 539 g/mol. The van der Waals surface area contributed by atoms with Crippen molar-refractivity contribution >= 4 is 37.9 Å². The van der Waals surface area contributed by atoms with Crippen LogP contribution in [0.1, 0.15) is 74.8 Å². The van der Waals surface area contributed by atoms with Crippen molar-refractivity contribution in [3.05, 3.63) is 34.8 Å². The van der Waals surface area contributed by atoms with Crippen LogP contribution in [-0.2, 0) is 20.0 Å². The van der Waals surface area contributed by atoms with Gasteiger partial charge in [-0.15, -0.1) is 10.2 Å². The molecule has 1 aromatic carbocycles. The van der Waals surface area contributed by atoms with Gasteiger partial charge in [-0.25, -0.2) is 8.42 Å². The lowest BCUT2D eigenvalue weighted by Gasteiger charge is -2.55. The summed E-state index contributed by atoms with van der Waals surface area (Å²) in [6, 6.07) is 6.60. The van der Waals surface area contributed by atoms with Crippen molar-refractivity contribution < 1.29 is 13.2 Å². The van der Waals surface area contributed by atoms with E-state index in [0.29, 0.717) is 15.6 Å². The van der Waals surface area contributed by atoms with E-state index in [1.165, 1.54) is 49.9 Å². The van der Waals surface area contributed by atoms with E-state index >= 15 is 0 Å². The first-order chi connectivity index (χ1) is 17.9. The van der Waals surface area contributed by atoms with Gasteiger partial charge in [-0.3, -0.25) is 15.1 Å². The molecule has 196 valence electrons. The van der Waals surface area contributed by atoms with Gasteiger partial charge in [0.25, 0.3) is 5.91 Å². The van der Waals surface area contributed by atoms with Gasteiger partial charge in [0.05, 0.1) is 10.1 Å². The van der Waals surface area contributed by atoms with E-state index in [4.69, 9.17) is 0 Å². The van der Waals surface area contributed by atoms with Crippen molar-refractivity contribution in [2.24, 2.45) is 22.9 Å². The average Bonchev–Trinajstić information content (AvgIpc) is 3.42. The van der Waals surface area contributed by atoms with Crippen molar-refractivity contribution in [2.75, 3.05) is 18.4 Å². The molecule has 1 saturated heterocycles. The number of hydrazone groups is 1. The summed E-state index contributed by atoms with van der Waals surface area (Å²) in [4.78, 5) is 13.8. The molecule has 1 aromatic heterocycles. The zero-order valence-corrected chi connectivity index (χ0v) is 22.6. The van der Waals surface area contributed by atoms with Crippen LogP contribution in [0.25, 0.3) is 0 Å². The first-order valence-corrected chi connectivity index (χ1v) is 16.1. The van der Waals surface area contributed by atoms with Crippen LogP contribution in [0.4, 0.5) is 5.13 Å². The maximum absolute atomic E-state index is 13.5. The van der Waals surface area contributed by atoms with E-state index in [2.05, 4.69) is 20.6 Å². The van der Waals surface area contributed by atoms with E-state index in [9.17, 15) is 13.2 Å². The van der Waals surface area contributed by atoms with Gasteiger partial charge in [0, 0.05) is 24.1 Å². The van der Waals surface area contributed by atoms with E-state index < -0.39 is 9.84 Å². The zero-order chi connectivity index (χ0) is 25.2. The maximum atomic E-state index is 13.5. The van der Waals surface area contributed by atoms with E-state index in [-0.39, 0.29) is 22.3 Å². The predicted molar refractivity (Wildman–Crippen MR) is 142 cm³/mol. The number of nitrogens with zero attached hydrogens (tertiary/aromatic N) is 4. The Morgan fingerprint density at radius 2 is 1.59 bits per heavy atom. The van der Waals surface area contributed by atoms with Crippen LogP contribution in [0.5, 0.6) is 0 Å². The summed E-state index contributed by atoms with van der Waals surface area (Å²) < 4.78 is 25.3. The molecule has 0 radical (unpaired) electrons. The van der Waals surface area contributed by atoms with Gasteiger partial charge in [-0.2, -0.15) is 5.10 Å². The Morgan fingerprint density at radius 1 is 0.973 bits per heavy atom. The van der Waals surface area contributed by atoms with Crippen LogP contribution in [0.15, 0.2) is 34.3 Å². The molecule has 8 nitrogen and oxygen atoms in total. The predicted octanol–water partition coefficient (Wildman–Crippen LogP) is 4.38. The minimum Gasteiger partial charge on any atom is -0.296 e. The highest BCUT2D eigenvalue weighted by Crippen LogP contribution is 2.61. The van der Waals surface area contributed by atoms with E-state index in [1.54, 1.807) is 24.3 Å². The summed E-state index contributed by atoms with van der Waals surface area (Å²) in [5, 5.41) is 19.9. The fourth-order valence-electron chi connectivity index (χ4n) is 7.57. The van der Waals surface area contributed by atoms with E-state index in [1.807, 2.05) is 5.01 Å². The maximum Gasteiger partial charge on any atom is 0.278 e. The number of hydrogen-bond acceptors (Lipinski definition) is 8. The normalized spacial score (nSPS) is 31.2. The summed E-state index contributed by atoms with van der Waals surface area (Å²) >= 11 is 1.52. The lowest BCUT2D eigenvalue weighted by molar-refractivity contribution is -0.110.